The number of rotatable bonds is 4. The van der Waals surface area contributed by atoms with Gasteiger partial charge in [0.25, 0.3) is 0 Å². The molecule has 94 valence electrons. The van der Waals surface area contributed by atoms with Crippen LogP contribution >= 0.6 is 28.5 Å². The molecule has 0 aliphatic carbocycles. The van der Waals surface area contributed by atoms with Gasteiger partial charge in [-0.1, -0.05) is 60.7 Å². The Bertz CT molecular complexity index is 576. The highest BCUT2D eigenvalue weighted by atomic mass is 32.1. The van der Waals surface area contributed by atoms with Crippen LogP contribution in [-0.4, -0.2) is 0 Å². The molecule has 0 aliphatic rings. The lowest BCUT2D eigenvalue weighted by atomic mass is 10.4. The minimum absolute atomic E-state index is 0.781. The van der Waals surface area contributed by atoms with Gasteiger partial charge in [-0.2, -0.15) is 0 Å². The zero-order chi connectivity index (χ0) is 12.9. The van der Waals surface area contributed by atoms with Crippen LogP contribution in [0.15, 0.2) is 72.8 Å². The average molecular weight is 300 g/mol. The zero-order valence-electron chi connectivity index (χ0n) is 10.3. The smallest absolute Gasteiger partial charge is 0.0299 e. The second-order valence-electron chi connectivity index (χ2n) is 4.15. The van der Waals surface area contributed by atoms with Gasteiger partial charge in [0, 0.05) is 9.24 Å². The molecule has 0 fully saturated rings. The van der Waals surface area contributed by atoms with E-state index in [0.29, 0.717) is 0 Å². The molecule has 2 unspecified atom stereocenters. The molecule has 0 saturated carbocycles. The Labute approximate surface area is 121 Å². The summed E-state index contributed by atoms with van der Waals surface area (Å²) in [7, 11) is 1.56. The van der Waals surface area contributed by atoms with Crippen LogP contribution in [0.3, 0.4) is 0 Å². The van der Waals surface area contributed by atoms with Crippen molar-refractivity contribution in [3.05, 3.63) is 72.8 Å². The van der Waals surface area contributed by atoms with Crippen LogP contribution in [0.25, 0.3) is 0 Å². The Hall–Kier alpha value is -1.00. The second-order valence-corrected chi connectivity index (χ2v) is 8.69. The van der Waals surface area contributed by atoms with Crippen LogP contribution in [0.4, 0.5) is 0 Å². The van der Waals surface area contributed by atoms with E-state index < -0.39 is 0 Å². The molecule has 0 nitrogen and oxygen atoms in total. The molecule has 0 aliphatic heterocycles. The lowest BCUT2D eigenvalue weighted by molar-refractivity contribution is 1.78. The van der Waals surface area contributed by atoms with Crippen molar-refractivity contribution >= 4 is 48.3 Å². The predicted molar refractivity (Wildman–Crippen MR) is 92.4 cm³/mol. The SMILES string of the molecule is c1ccc(Pc2ccc(Pc3ccccc3)s2)cc1. The molecule has 0 spiro atoms. The Morgan fingerprint density at radius 3 is 1.37 bits per heavy atom. The monoisotopic (exact) mass is 300 g/mol. The van der Waals surface area contributed by atoms with Crippen molar-refractivity contribution in [1.82, 2.24) is 0 Å². The first-order chi connectivity index (χ1) is 9.40. The first kappa shape index (κ1) is 13.0. The normalized spacial score (nSPS) is 11.8. The van der Waals surface area contributed by atoms with Crippen molar-refractivity contribution in [1.29, 1.82) is 0 Å². The van der Waals surface area contributed by atoms with Gasteiger partial charge in [-0.25, -0.2) is 0 Å². The van der Waals surface area contributed by atoms with Gasteiger partial charge < -0.3 is 0 Å². The molecule has 3 rings (SSSR count). The van der Waals surface area contributed by atoms with E-state index >= 15 is 0 Å². The van der Waals surface area contributed by atoms with Gasteiger partial charge >= 0.3 is 0 Å². The molecule has 2 aromatic carbocycles. The fraction of sp³-hybridized carbons (Fsp3) is 0. The second kappa shape index (κ2) is 6.44. The fourth-order valence-corrected chi connectivity index (χ4v) is 6.01. The maximum atomic E-state index is 2.28. The van der Waals surface area contributed by atoms with Gasteiger partial charge in [0.2, 0.25) is 0 Å². The van der Waals surface area contributed by atoms with E-state index in [1.807, 2.05) is 11.3 Å². The zero-order valence-corrected chi connectivity index (χ0v) is 13.2. The number of thiophene rings is 1. The molecule has 3 heteroatoms. The minimum atomic E-state index is 0.781. The van der Waals surface area contributed by atoms with Crippen LogP contribution in [0.5, 0.6) is 0 Å². The van der Waals surface area contributed by atoms with E-state index in [1.165, 1.54) is 19.8 Å². The Balaban J connectivity index is 1.70. The quantitative estimate of drug-likeness (QED) is 0.650. The summed E-state index contributed by atoms with van der Waals surface area (Å²) in [6, 6.07) is 26.0. The molecule has 19 heavy (non-hydrogen) atoms. The third-order valence-electron chi connectivity index (χ3n) is 2.69. The summed E-state index contributed by atoms with van der Waals surface area (Å²) in [6.45, 7) is 0. The molecule has 1 heterocycles. The highest BCUT2D eigenvalue weighted by molar-refractivity contribution is 7.70. The largest absolute Gasteiger partial charge is 0.136 e. The van der Waals surface area contributed by atoms with Gasteiger partial charge in [0.1, 0.15) is 0 Å². The van der Waals surface area contributed by atoms with Crippen molar-refractivity contribution in [2.24, 2.45) is 0 Å². The molecule has 3 aromatic rings. The first-order valence-electron chi connectivity index (χ1n) is 6.14. The summed E-state index contributed by atoms with van der Waals surface area (Å²) in [5.74, 6) is 0. The van der Waals surface area contributed by atoms with Gasteiger partial charge in [-0.15, -0.1) is 11.3 Å². The topological polar surface area (TPSA) is 0 Å². The summed E-state index contributed by atoms with van der Waals surface area (Å²) in [5, 5.41) is 2.83. The van der Waals surface area contributed by atoms with Gasteiger partial charge in [0.15, 0.2) is 0 Å². The van der Waals surface area contributed by atoms with E-state index in [2.05, 4.69) is 72.8 Å². The summed E-state index contributed by atoms with van der Waals surface area (Å²) in [6.07, 6.45) is 0. The molecule has 0 N–H and O–H groups in total. The number of hydrogen-bond acceptors (Lipinski definition) is 1. The van der Waals surface area contributed by atoms with Crippen LogP contribution in [0.1, 0.15) is 0 Å². The third-order valence-corrected chi connectivity index (χ3v) is 6.70. The first-order valence-corrected chi connectivity index (χ1v) is 8.96. The van der Waals surface area contributed by atoms with Crippen molar-refractivity contribution in [2.45, 2.75) is 0 Å². The summed E-state index contributed by atoms with van der Waals surface area (Å²) in [5.41, 5.74) is 0. The highest BCUT2D eigenvalue weighted by Gasteiger charge is 2.02. The molecule has 0 radical (unpaired) electrons. The van der Waals surface area contributed by atoms with Crippen molar-refractivity contribution in [3.63, 3.8) is 0 Å². The van der Waals surface area contributed by atoms with Gasteiger partial charge in [0.05, 0.1) is 0 Å². The van der Waals surface area contributed by atoms with Crippen LogP contribution in [0, 0.1) is 0 Å². The number of benzene rings is 2. The minimum Gasteiger partial charge on any atom is -0.136 e. The highest BCUT2D eigenvalue weighted by Crippen LogP contribution is 2.18. The number of hydrogen-bond donors (Lipinski definition) is 0. The maximum Gasteiger partial charge on any atom is 0.0299 e. The molecule has 0 bridgehead atoms. The maximum absolute atomic E-state index is 2.28. The van der Waals surface area contributed by atoms with Crippen LogP contribution in [-0.2, 0) is 0 Å². The summed E-state index contributed by atoms with van der Waals surface area (Å²) < 4.78 is 2.95. The molecule has 0 amide bonds. The van der Waals surface area contributed by atoms with Crippen molar-refractivity contribution in [3.8, 4) is 0 Å². The lowest BCUT2D eigenvalue weighted by Gasteiger charge is -1.99. The van der Waals surface area contributed by atoms with E-state index in [1.54, 1.807) is 0 Å². The van der Waals surface area contributed by atoms with E-state index in [9.17, 15) is 0 Å². The van der Waals surface area contributed by atoms with Crippen molar-refractivity contribution in [2.75, 3.05) is 0 Å². The van der Waals surface area contributed by atoms with Gasteiger partial charge in [-0.05, 0) is 39.9 Å². The van der Waals surface area contributed by atoms with Crippen LogP contribution < -0.4 is 19.8 Å². The predicted octanol–water partition coefficient (Wildman–Crippen LogP) is 3.01. The fourth-order valence-electron chi connectivity index (χ4n) is 1.80. The third kappa shape index (κ3) is 3.74. The summed E-state index contributed by atoms with van der Waals surface area (Å²) >= 11 is 1.95. The molecular weight excluding hydrogens is 286 g/mol. The summed E-state index contributed by atoms with van der Waals surface area (Å²) in [4.78, 5) is 0. The average Bonchev–Trinajstić information content (AvgIpc) is 2.88. The van der Waals surface area contributed by atoms with Crippen molar-refractivity contribution < 1.29 is 0 Å². The van der Waals surface area contributed by atoms with Crippen LogP contribution in [0.2, 0.25) is 0 Å². The molecular formula is C16H14P2S. The molecule has 1 aromatic heterocycles. The Morgan fingerprint density at radius 2 is 0.947 bits per heavy atom. The lowest BCUT2D eigenvalue weighted by Crippen LogP contribution is -2.00. The van der Waals surface area contributed by atoms with E-state index in [4.69, 9.17) is 0 Å². The Morgan fingerprint density at radius 1 is 0.526 bits per heavy atom. The van der Waals surface area contributed by atoms with Gasteiger partial charge in [-0.3, -0.25) is 0 Å². The molecule has 2 atom stereocenters. The van der Waals surface area contributed by atoms with E-state index in [0.717, 1.165) is 17.2 Å². The Kier molecular flexibility index (Phi) is 4.41. The molecule has 0 saturated heterocycles. The van der Waals surface area contributed by atoms with E-state index in [-0.39, 0.29) is 0 Å². The standard InChI is InChI=1S/C16H14P2S/c1-3-7-13(8-4-1)17-15-11-12-16(19-15)18-14-9-5-2-6-10-14/h1-12,17-18H.